The molecule has 0 saturated carbocycles. The second kappa shape index (κ2) is 12.5. The van der Waals surface area contributed by atoms with Crippen LogP contribution in [0.2, 0.25) is 0 Å². The first-order valence-electron chi connectivity index (χ1n) is 8.77. The summed E-state index contributed by atoms with van der Waals surface area (Å²) in [7, 11) is 0. The van der Waals surface area contributed by atoms with Crippen molar-refractivity contribution in [3.05, 3.63) is 35.6 Å². The second-order valence-corrected chi connectivity index (χ2v) is 6.01. The van der Waals surface area contributed by atoms with Crippen molar-refractivity contribution in [1.82, 2.24) is 15.5 Å². The zero-order chi connectivity index (χ0) is 16.3. The number of rotatable bonds is 6. The largest absolute Gasteiger partial charge is 0.357 e. The molecule has 136 valence electrons. The van der Waals surface area contributed by atoms with Crippen LogP contribution < -0.4 is 10.6 Å². The van der Waals surface area contributed by atoms with Gasteiger partial charge in [0.15, 0.2) is 5.96 Å². The molecule has 6 heteroatoms. The number of hydrogen-bond donors (Lipinski definition) is 2. The van der Waals surface area contributed by atoms with Gasteiger partial charge in [0.1, 0.15) is 5.82 Å². The average molecular weight is 448 g/mol. The number of hydrogen-bond acceptors (Lipinski definition) is 2. The first-order chi connectivity index (χ1) is 11.3. The SMILES string of the molecule is CCNC(=NCc1cccc(F)c1)NCCN1CCCCCC1.I. The van der Waals surface area contributed by atoms with Crippen LogP contribution in [-0.2, 0) is 6.54 Å². The fourth-order valence-corrected chi connectivity index (χ4v) is 2.84. The number of guanidine groups is 1. The van der Waals surface area contributed by atoms with Crippen molar-refractivity contribution >= 4 is 29.9 Å². The Kier molecular flexibility index (Phi) is 11.0. The lowest BCUT2D eigenvalue weighted by Gasteiger charge is -2.20. The fraction of sp³-hybridized carbons (Fsp3) is 0.611. The first kappa shape index (κ1) is 21.2. The number of halogens is 2. The molecule has 0 atom stereocenters. The summed E-state index contributed by atoms with van der Waals surface area (Å²) >= 11 is 0. The van der Waals surface area contributed by atoms with Crippen molar-refractivity contribution in [2.75, 3.05) is 32.7 Å². The van der Waals surface area contributed by atoms with Crippen LogP contribution in [0.1, 0.15) is 38.2 Å². The molecule has 0 spiro atoms. The maximum Gasteiger partial charge on any atom is 0.191 e. The van der Waals surface area contributed by atoms with E-state index < -0.39 is 0 Å². The highest BCUT2D eigenvalue weighted by Crippen LogP contribution is 2.08. The smallest absolute Gasteiger partial charge is 0.191 e. The Morgan fingerprint density at radius 1 is 1.17 bits per heavy atom. The van der Waals surface area contributed by atoms with Crippen LogP contribution in [0.15, 0.2) is 29.3 Å². The van der Waals surface area contributed by atoms with Crippen molar-refractivity contribution in [2.45, 2.75) is 39.2 Å². The van der Waals surface area contributed by atoms with Gasteiger partial charge in [0, 0.05) is 19.6 Å². The molecule has 0 amide bonds. The molecule has 0 radical (unpaired) electrons. The molecule has 24 heavy (non-hydrogen) atoms. The summed E-state index contributed by atoms with van der Waals surface area (Å²) in [5.74, 6) is 0.586. The van der Waals surface area contributed by atoms with Gasteiger partial charge < -0.3 is 15.5 Å². The monoisotopic (exact) mass is 448 g/mol. The standard InChI is InChI=1S/C18H29FN4.HI/c1-2-20-18(22-15-16-8-7-9-17(19)14-16)21-10-13-23-11-5-3-4-6-12-23;/h7-9,14H,2-6,10-13,15H2,1H3,(H2,20,21,22);1H. The molecule has 1 aliphatic heterocycles. The van der Waals surface area contributed by atoms with Gasteiger partial charge in [-0.25, -0.2) is 9.38 Å². The van der Waals surface area contributed by atoms with Gasteiger partial charge in [-0.3, -0.25) is 0 Å². The van der Waals surface area contributed by atoms with Crippen molar-refractivity contribution in [3.63, 3.8) is 0 Å². The first-order valence-corrected chi connectivity index (χ1v) is 8.77. The zero-order valence-electron chi connectivity index (χ0n) is 14.6. The predicted octanol–water partition coefficient (Wildman–Crippen LogP) is 3.37. The normalized spacial score (nSPS) is 16.2. The molecule has 0 aromatic heterocycles. The van der Waals surface area contributed by atoms with Crippen LogP contribution in [0.4, 0.5) is 4.39 Å². The lowest BCUT2D eigenvalue weighted by Crippen LogP contribution is -2.41. The topological polar surface area (TPSA) is 39.7 Å². The Bertz CT molecular complexity index is 488. The number of nitrogens with one attached hydrogen (secondary N) is 2. The van der Waals surface area contributed by atoms with Gasteiger partial charge in [0.25, 0.3) is 0 Å². The van der Waals surface area contributed by atoms with Crippen LogP contribution in [0.5, 0.6) is 0 Å². The van der Waals surface area contributed by atoms with Crippen LogP contribution in [0.25, 0.3) is 0 Å². The van der Waals surface area contributed by atoms with E-state index in [9.17, 15) is 4.39 Å². The summed E-state index contributed by atoms with van der Waals surface area (Å²) in [6, 6.07) is 6.61. The van der Waals surface area contributed by atoms with Gasteiger partial charge in [-0.05, 0) is 50.6 Å². The third-order valence-electron chi connectivity index (χ3n) is 4.07. The highest BCUT2D eigenvalue weighted by atomic mass is 127. The lowest BCUT2D eigenvalue weighted by atomic mass is 10.2. The zero-order valence-corrected chi connectivity index (χ0v) is 16.9. The Labute approximate surface area is 162 Å². The second-order valence-electron chi connectivity index (χ2n) is 6.01. The molecule has 0 aliphatic carbocycles. The van der Waals surface area contributed by atoms with Gasteiger partial charge >= 0.3 is 0 Å². The number of likely N-dealkylation sites (tertiary alicyclic amines) is 1. The van der Waals surface area contributed by atoms with Gasteiger partial charge in [-0.15, -0.1) is 24.0 Å². The number of nitrogens with zero attached hydrogens (tertiary/aromatic N) is 2. The van der Waals surface area contributed by atoms with Crippen LogP contribution in [0.3, 0.4) is 0 Å². The van der Waals surface area contributed by atoms with Gasteiger partial charge in [0.2, 0.25) is 0 Å². The van der Waals surface area contributed by atoms with E-state index in [1.807, 2.05) is 13.0 Å². The van der Waals surface area contributed by atoms with Gasteiger partial charge in [0.05, 0.1) is 6.54 Å². The molecular formula is C18H30FIN4. The predicted molar refractivity (Wildman–Crippen MR) is 110 cm³/mol. The number of aliphatic imine (C=N–C) groups is 1. The maximum absolute atomic E-state index is 13.2. The molecule has 1 heterocycles. The van der Waals surface area contributed by atoms with Crippen molar-refractivity contribution in [2.24, 2.45) is 4.99 Å². The van der Waals surface area contributed by atoms with Crippen LogP contribution in [-0.4, -0.2) is 43.6 Å². The van der Waals surface area contributed by atoms with Crippen molar-refractivity contribution in [3.8, 4) is 0 Å². The van der Waals surface area contributed by atoms with E-state index in [2.05, 4.69) is 20.5 Å². The fourth-order valence-electron chi connectivity index (χ4n) is 2.84. The highest BCUT2D eigenvalue weighted by molar-refractivity contribution is 14.0. The Balaban J connectivity index is 0.00000288. The lowest BCUT2D eigenvalue weighted by molar-refractivity contribution is 0.289. The molecule has 0 unspecified atom stereocenters. The number of benzene rings is 1. The molecule has 1 aromatic carbocycles. The van der Waals surface area contributed by atoms with E-state index in [0.717, 1.165) is 31.2 Å². The van der Waals surface area contributed by atoms with E-state index in [1.165, 1.54) is 50.9 Å². The van der Waals surface area contributed by atoms with E-state index in [0.29, 0.717) is 6.54 Å². The molecule has 0 bridgehead atoms. The van der Waals surface area contributed by atoms with E-state index in [-0.39, 0.29) is 29.8 Å². The summed E-state index contributed by atoms with van der Waals surface area (Å²) in [4.78, 5) is 7.06. The van der Waals surface area contributed by atoms with Crippen LogP contribution >= 0.6 is 24.0 Å². The minimum atomic E-state index is -0.211. The van der Waals surface area contributed by atoms with Crippen molar-refractivity contribution < 1.29 is 4.39 Å². The van der Waals surface area contributed by atoms with Gasteiger partial charge in [-0.2, -0.15) is 0 Å². The molecule has 1 saturated heterocycles. The summed E-state index contributed by atoms with van der Waals surface area (Å²) in [5, 5.41) is 6.62. The summed E-state index contributed by atoms with van der Waals surface area (Å²) in [6.45, 7) is 7.69. The summed E-state index contributed by atoms with van der Waals surface area (Å²) in [6.07, 6.45) is 5.35. The van der Waals surface area contributed by atoms with Gasteiger partial charge in [-0.1, -0.05) is 25.0 Å². The quantitative estimate of drug-likeness (QED) is 0.398. The minimum absolute atomic E-state index is 0. The molecule has 2 N–H and O–H groups in total. The van der Waals surface area contributed by atoms with Crippen molar-refractivity contribution in [1.29, 1.82) is 0 Å². The maximum atomic E-state index is 13.2. The molecular weight excluding hydrogens is 418 g/mol. The third-order valence-corrected chi connectivity index (χ3v) is 4.07. The minimum Gasteiger partial charge on any atom is -0.357 e. The molecule has 2 rings (SSSR count). The Morgan fingerprint density at radius 3 is 2.58 bits per heavy atom. The van der Waals surface area contributed by atoms with E-state index >= 15 is 0 Å². The average Bonchev–Trinajstić information content (AvgIpc) is 2.81. The molecule has 1 fully saturated rings. The third kappa shape index (κ3) is 8.28. The van der Waals surface area contributed by atoms with E-state index in [1.54, 1.807) is 6.07 Å². The van der Waals surface area contributed by atoms with E-state index in [4.69, 9.17) is 0 Å². The Hall–Kier alpha value is -0.890. The molecule has 1 aliphatic rings. The molecule has 4 nitrogen and oxygen atoms in total. The molecule has 1 aromatic rings. The summed E-state index contributed by atoms with van der Waals surface area (Å²) in [5.41, 5.74) is 0.884. The highest BCUT2D eigenvalue weighted by Gasteiger charge is 2.08. The summed E-state index contributed by atoms with van der Waals surface area (Å²) < 4.78 is 13.2. The Morgan fingerprint density at radius 2 is 1.92 bits per heavy atom. The van der Waals surface area contributed by atoms with Crippen LogP contribution in [0, 0.1) is 5.82 Å².